The third-order valence-electron chi connectivity index (χ3n) is 2.46. The van der Waals surface area contributed by atoms with E-state index in [1.807, 2.05) is 4.42 Å². The summed E-state index contributed by atoms with van der Waals surface area (Å²) in [4.78, 5) is 11.0. The normalized spacial score (nSPS) is 40.7. The van der Waals surface area contributed by atoms with Crippen molar-refractivity contribution >= 4 is 17.6 Å². The van der Waals surface area contributed by atoms with Crippen LogP contribution in [0.5, 0.6) is 0 Å². The summed E-state index contributed by atoms with van der Waals surface area (Å²) in [6.07, 6.45) is 3.58. The van der Waals surface area contributed by atoms with E-state index in [-0.39, 0.29) is 0 Å². The monoisotopic (exact) mass is 159 g/mol. The Hall–Kier alpha value is -0.0800. The van der Waals surface area contributed by atoms with Gasteiger partial charge in [0.25, 0.3) is 0 Å². The van der Waals surface area contributed by atoms with Crippen molar-refractivity contribution in [3.05, 3.63) is 0 Å². The first-order valence-electron chi connectivity index (χ1n) is 3.73. The molecule has 0 amide bonds. The second-order valence-electron chi connectivity index (χ2n) is 3.18. The fraction of sp³-hybridized carbons (Fsp3) is 0.857. The fourth-order valence-electron chi connectivity index (χ4n) is 1.92. The van der Waals surface area contributed by atoms with E-state index in [1.54, 1.807) is 0 Å². The minimum absolute atomic E-state index is 0.355. The number of carbonyl (C=O) groups excluding carboxylic acids is 1. The third-order valence-corrected chi connectivity index (χ3v) is 3.01. The molecule has 1 unspecified atom stereocenters. The van der Waals surface area contributed by atoms with Crippen molar-refractivity contribution in [1.82, 2.24) is 4.42 Å². The molecule has 10 heavy (non-hydrogen) atoms. The predicted molar refractivity (Wildman–Crippen MR) is 38.7 cm³/mol. The Balaban J connectivity index is 2.16. The summed E-state index contributed by atoms with van der Waals surface area (Å²) < 4.78 is 1.85. The highest BCUT2D eigenvalue weighted by atomic mass is 35.5. The fourth-order valence-corrected chi connectivity index (χ4v) is 2.25. The summed E-state index contributed by atoms with van der Waals surface area (Å²) in [5, 5.41) is 0. The molecule has 2 bridgehead atoms. The van der Waals surface area contributed by atoms with Crippen LogP contribution in [0.15, 0.2) is 0 Å². The molecule has 2 saturated heterocycles. The quantitative estimate of drug-likeness (QED) is 0.497. The molecule has 3 heteroatoms. The zero-order chi connectivity index (χ0) is 7.14. The number of hydrogen-bond donors (Lipinski definition) is 0. The summed E-state index contributed by atoms with van der Waals surface area (Å²) in [6, 6.07) is 0.709. The van der Waals surface area contributed by atoms with Gasteiger partial charge in [0.2, 0.25) is 0 Å². The van der Waals surface area contributed by atoms with Crippen LogP contribution in [0.4, 0.5) is 0 Å². The van der Waals surface area contributed by atoms with Gasteiger partial charge >= 0.3 is 0 Å². The van der Waals surface area contributed by atoms with Gasteiger partial charge in [-0.05, 0) is 24.6 Å². The Kier molecular flexibility index (Phi) is 1.46. The molecule has 2 aliphatic rings. The first kappa shape index (κ1) is 6.62. The molecule has 2 heterocycles. The Morgan fingerprint density at radius 2 is 1.80 bits per heavy atom. The van der Waals surface area contributed by atoms with Crippen molar-refractivity contribution in [2.24, 2.45) is 0 Å². The van der Waals surface area contributed by atoms with E-state index in [0.717, 1.165) is 12.8 Å². The summed E-state index contributed by atoms with van der Waals surface area (Å²) in [5.41, 5.74) is 0. The van der Waals surface area contributed by atoms with Crippen LogP contribution < -0.4 is 0 Å². The molecule has 0 aromatic carbocycles. The molecule has 0 saturated carbocycles. The van der Waals surface area contributed by atoms with E-state index >= 15 is 0 Å². The van der Waals surface area contributed by atoms with E-state index in [1.165, 1.54) is 0 Å². The lowest BCUT2D eigenvalue weighted by Crippen LogP contribution is -2.36. The Morgan fingerprint density at radius 1 is 1.30 bits per heavy atom. The van der Waals surface area contributed by atoms with Crippen LogP contribution in [0.25, 0.3) is 0 Å². The third kappa shape index (κ3) is 0.867. The number of rotatable bonds is 0. The van der Waals surface area contributed by atoms with Crippen LogP contribution in [0.1, 0.15) is 25.7 Å². The zero-order valence-corrected chi connectivity index (χ0v) is 6.47. The van der Waals surface area contributed by atoms with E-state index in [9.17, 15) is 4.79 Å². The highest BCUT2D eigenvalue weighted by Crippen LogP contribution is 2.34. The molecule has 0 aromatic rings. The predicted octanol–water partition coefficient (Wildman–Crippen LogP) is 1.34. The van der Waals surface area contributed by atoms with Crippen LogP contribution in [0.3, 0.4) is 0 Å². The number of carbonyl (C=O) groups is 1. The molecule has 0 aliphatic carbocycles. The highest BCUT2D eigenvalue weighted by molar-refractivity contribution is 6.14. The van der Waals surface area contributed by atoms with Gasteiger partial charge in [0, 0.05) is 24.9 Å². The molecule has 0 spiro atoms. The van der Waals surface area contributed by atoms with Gasteiger partial charge in [-0.25, -0.2) is 4.42 Å². The Morgan fingerprint density at radius 3 is 2.30 bits per heavy atom. The smallest absolute Gasteiger partial charge is 0.136 e. The van der Waals surface area contributed by atoms with Crippen LogP contribution in [-0.4, -0.2) is 22.3 Å². The first-order chi connectivity index (χ1) is 4.77. The molecule has 56 valence electrons. The van der Waals surface area contributed by atoms with Gasteiger partial charge in [-0.15, -0.1) is 0 Å². The second-order valence-corrected chi connectivity index (χ2v) is 3.57. The van der Waals surface area contributed by atoms with Gasteiger partial charge in [-0.3, -0.25) is 4.79 Å². The number of Topliss-reactive ketones (excluding diaryl/α,β-unsaturated/α-hetero) is 1. The highest BCUT2D eigenvalue weighted by Gasteiger charge is 2.39. The van der Waals surface area contributed by atoms with Gasteiger partial charge < -0.3 is 0 Å². The SMILES string of the molecule is O=C1CC2CC[C@H](C1)N2Cl. The molecule has 2 rings (SSSR count). The maximum Gasteiger partial charge on any atom is 0.136 e. The molecule has 2 aliphatic heterocycles. The van der Waals surface area contributed by atoms with E-state index < -0.39 is 0 Å². The van der Waals surface area contributed by atoms with Gasteiger partial charge in [0.1, 0.15) is 5.78 Å². The van der Waals surface area contributed by atoms with Gasteiger partial charge in [0.15, 0.2) is 0 Å². The molecule has 0 aromatic heterocycles. The minimum atomic E-state index is 0.355. The van der Waals surface area contributed by atoms with Gasteiger partial charge in [-0.2, -0.15) is 0 Å². The van der Waals surface area contributed by atoms with Crippen molar-refractivity contribution in [1.29, 1.82) is 0 Å². The van der Waals surface area contributed by atoms with Crippen LogP contribution in [-0.2, 0) is 4.79 Å². The van der Waals surface area contributed by atoms with Crippen molar-refractivity contribution in [3.63, 3.8) is 0 Å². The molecular formula is C7H10ClNO. The molecule has 0 radical (unpaired) electrons. The first-order valence-corrected chi connectivity index (χ1v) is 4.07. The van der Waals surface area contributed by atoms with Crippen molar-refractivity contribution in [2.45, 2.75) is 37.8 Å². The number of piperidine rings is 1. The summed E-state index contributed by atoms with van der Waals surface area (Å²) >= 11 is 5.93. The lowest BCUT2D eigenvalue weighted by atomic mass is 10.0. The average Bonchev–Trinajstić information content (AvgIpc) is 2.20. The van der Waals surface area contributed by atoms with Gasteiger partial charge in [-0.1, -0.05) is 0 Å². The largest absolute Gasteiger partial charge is 0.300 e. The van der Waals surface area contributed by atoms with Gasteiger partial charge in [0.05, 0.1) is 0 Å². The van der Waals surface area contributed by atoms with E-state index in [0.29, 0.717) is 30.7 Å². The molecule has 0 N–H and O–H groups in total. The minimum Gasteiger partial charge on any atom is -0.300 e. The second kappa shape index (κ2) is 2.21. The standard InChI is InChI=1S/C7H10ClNO/c8-9-5-1-2-6(9)4-7(10)3-5/h5-6H,1-4H2/t5-,6?/m1/s1. The number of hydrogen-bond acceptors (Lipinski definition) is 2. The average molecular weight is 160 g/mol. The molecular weight excluding hydrogens is 150 g/mol. The molecule has 2 atom stereocenters. The maximum absolute atomic E-state index is 11.0. The Bertz CT molecular complexity index is 155. The van der Waals surface area contributed by atoms with Crippen molar-refractivity contribution in [3.8, 4) is 0 Å². The summed E-state index contributed by atoms with van der Waals surface area (Å²) in [6.45, 7) is 0. The van der Waals surface area contributed by atoms with Crippen LogP contribution in [0.2, 0.25) is 0 Å². The lowest BCUT2D eigenvalue weighted by Gasteiger charge is -2.26. The molecule has 2 nitrogen and oxygen atoms in total. The zero-order valence-electron chi connectivity index (χ0n) is 5.72. The number of fused-ring (bicyclic) bond motifs is 2. The lowest BCUT2D eigenvalue weighted by molar-refractivity contribution is -0.122. The van der Waals surface area contributed by atoms with Crippen molar-refractivity contribution < 1.29 is 4.79 Å². The maximum atomic E-state index is 11.0. The van der Waals surface area contributed by atoms with E-state index in [4.69, 9.17) is 11.8 Å². The Labute approximate surface area is 65.3 Å². The van der Waals surface area contributed by atoms with E-state index in [2.05, 4.69) is 0 Å². The van der Waals surface area contributed by atoms with Crippen LogP contribution in [0, 0.1) is 0 Å². The summed E-state index contributed by atoms with van der Waals surface area (Å²) in [5.74, 6) is 0.393. The number of halogens is 1. The van der Waals surface area contributed by atoms with Crippen LogP contribution >= 0.6 is 11.8 Å². The summed E-state index contributed by atoms with van der Waals surface area (Å²) in [7, 11) is 0. The number of ketones is 1. The topological polar surface area (TPSA) is 20.3 Å². The number of nitrogens with zero attached hydrogens (tertiary/aromatic N) is 1. The van der Waals surface area contributed by atoms with Crippen molar-refractivity contribution in [2.75, 3.05) is 0 Å². The molecule has 2 fully saturated rings.